The molecule has 0 saturated heterocycles. The summed E-state index contributed by atoms with van der Waals surface area (Å²) >= 11 is 4.91. The normalized spacial score (nSPS) is 13.7. The van der Waals surface area contributed by atoms with Crippen molar-refractivity contribution in [3.8, 4) is 0 Å². The molecule has 0 aromatic heterocycles. The van der Waals surface area contributed by atoms with Crippen LogP contribution in [0.5, 0.6) is 0 Å². The van der Waals surface area contributed by atoms with E-state index in [2.05, 4.69) is 32.6 Å². The van der Waals surface area contributed by atoms with Gasteiger partial charge in [-0.15, -0.1) is 0 Å². The molecule has 0 rings (SSSR count). The Bertz CT molecular complexity index is 157. The van der Waals surface area contributed by atoms with E-state index in [1.807, 2.05) is 0 Å². The van der Waals surface area contributed by atoms with Gasteiger partial charge in [0.05, 0.1) is 4.99 Å². The molecule has 0 saturated carbocycles. The molecule has 0 fully saturated rings. The third-order valence-corrected chi connectivity index (χ3v) is 2.37. The summed E-state index contributed by atoms with van der Waals surface area (Å²) in [5.41, 5.74) is 5.53. The summed E-state index contributed by atoms with van der Waals surface area (Å²) in [6, 6.07) is 1.04. The summed E-state index contributed by atoms with van der Waals surface area (Å²) in [6.45, 7) is 9.94. The molecule has 0 spiro atoms. The molecule has 0 aromatic rings. The van der Waals surface area contributed by atoms with Crippen molar-refractivity contribution < 1.29 is 0 Å². The smallest absolute Gasteiger partial charge is 0.0742 e. The van der Waals surface area contributed by atoms with Crippen LogP contribution in [-0.2, 0) is 0 Å². The lowest BCUT2D eigenvalue weighted by molar-refractivity contribution is 0.168. The van der Waals surface area contributed by atoms with Crippen LogP contribution in [0.3, 0.4) is 0 Å². The fourth-order valence-corrected chi connectivity index (χ4v) is 1.90. The molecule has 3 heteroatoms. The molecular formula is C10H22N2S. The maximum absolute atomic E-state index is 5.53. The predicted molar refractivity (Wildman–Crippen MR) is 63.0 cm³/mol. The van der Waals surface area contributed by atoms with Gasteiger partial charge >= 0.3 is 0 Å². The summed E-state index contributed by atoms with van der Waals surface area (Å²) < 4.78 is 0. The Labute approximate surface area is 87.5 Å². The Morgan fingerprint density at radius 1 is 1.38 bits per heavy atom. The second-order valence-electron chi connectivity index (χ2n) is 3.85. The van der Waals surface area contributed by atoms with Crippen molar-refractivity contribution >= 4 is 17.2 Å². The Balaban J connectivity index is 4.10. The quantitative estimate of drug-likeness (QED) is 0.669. The second kappa shape index (κ2) is 6.33. The third kappa shape index (κ3) is 5.21. The van der Waals surface area contributed by atoms with Gasteiger partial charge in [-0.3, -0.25) is 4.90 Å². The molecule has 0 amide bonds. The van der Waals surface area contributed by atoms with Gasteiger partial charge in [0, 0.05) is 18.5 Å². The van der Waals surface area contributed by atoms with Crippen LogP contribution < -0.4 is 5.73 Å². The Hall–Kier alpha value is -0.150. The largest absolute Gasteiger partial charge is 0.393 e. The van der Waals surface area contributed by atoms with Gasteiger partial charge in [-0.2, -0.15) is 0 Å². The molecule has 78 valence electrons. The summed E-state index contributed by atoms with van der Waals surface area (Å²) in [7, 11) is 0. The maximum Gasteiger partial charge on any atom is 0.0742 e. The minimum atomic E-state index is 0.470. The summed E-state index contributed by atoms with van der Waals surface area (Å²) in [4.78, 5) is 3.06. The molecule has 0 aliphatic heterocycles. The van der Waals surface area contributed by atoms with Gasteiger partial charge in [0.2, 0.25) is 0 Å². The molecule has 0 heterocycles. The van der Waals surface area contributed by atoms with Gasteiger partial charge in [-0.05, 0) is 33.7 Å². The summed E-state index contributed by atoms with van der Waals surface area (Å²) in [5, 5.41) is 0. The number of thiocarbonyl (C=S) groups is 1. The van der Waals surface area contributed by atoms with E-state index in [1.165, 1.54) is 6.42 Å². The summed E-state index contributed by atoms with van der Waals surface area (Å²) in [5.74, 6) is 0. The SMILES string of the molecule is CCCN(C(C)C)C(C)CC(N)=S. The first-order valence-electron chi connectivity index (χ1n) is 5.03. The lowest BCUT2D eigenvalue weighted by Crippen LogP contribution is -2.41. The molecule has 13 heavy (non-hydrogen) atoms. The number of hydrogen-bond acceptors (Lipinski definition) is 2. The monoisotopic (exact) mass is 202 g/mol. The molecule has 0 aliphatic rings. The average Bonchev–Trinajstić information content (AvgIpc) is 1.97. The first kappa shape index (κ1) is 12.8. The van der Waals surface area contributed by atoms with Crippen molar-refractivity contribution in [2.45, 2.75) is 52.6 Å². The van der Waals surface area contributed by atoms with Crippen LogP contribution in [0.25, 0.3) is 0 Å². The lowest BCUT2D eigenvalue weighted by atomic mass is 10.1. The van der Waals surface area contributed by atoms with Crippen LogP contribution in [0.1, 0.15) is 40.5 Å². The van der Waals surface area contributed by atoms with Crippen molar-refractivity contribution in [2.24, 2.45) is 5.73 Å². The highest BCUT2D eigenvalue weighted by Crippen LogP contribution is 2.09. The molecule has 0 radical (unpaired) electrons. The molecule has 0 bridgehead atoms. The van der Waals surface area contributed by atoms with Crippen LogP contribution in [0.4, 0.5) is 0 Å². The van der Waals surface area contributed by atoms with Crippen LogP contribution in [0, 0.1) is 0 Å². The lowest BCUT2D eigenvalue weighted by Gasteiger charge is -2.32. The number of hydrogen-bond donors (Lipinski definition) is 1. The molecule has 1 unspecified atom stereocenters. The van der Waals surface area contributed by atoms with Crippen molar-refractivity contribution in [1.29, 1.82) is 0 Å². The van der Waals surface area contributed by atoms with Crippen molar-refractivity contribution in [3.05, 3.63) is 0 Å². The van der Waals surface area contributed by atoms with Gasteiger partial charge < -0.3 is 5.73 Å². The van der Waals surface area contributed by atoms with E-state index >= 15 is 0 Å². The number of rotatable bonds is 6. The van der Waals surface area contributed by atoms with Crippen LogP contribution in [0.2, 0.25) is 0 Å². The van der Waals surface area contributed by atoms with Crippen LogP contribution >= 0.6 is 12.2 Å². The van der Waals surface area contributed by atoms with Gasteiger partial charge in [0.1, 0.15) is 0 Å². The highest BCUT2D eigenvalue weighted by Gasteiger charge is 2.16. The first-order chi connectivity index (χ1) is 5.99. The zero-order valence-electron chi connectivity index (χ0n) is 9.21. The molecule has 1 atom stereocenters. The molecule has 2 N–H and O–H groups in total. The fraction of sp³-hybridized carbons (Fsp3) is 0.900. The van der Waals surface area contributed by atoms with E-state index < -0.39 is 0 Å². The third-order valence-electron chi connectivity index (χ3n) is 2.21. The summed E-state index contributed by atoms with van der Waals surface area (Å²) in [6.07, 6.45) is 2.01. The maximum atomic E-state index is 5.53. The van der Waals surface area contributed by atoms with Crippen molar-refractivity contribution in [2.75, 3.05) is 6.54 Å². The zero-order valence-corrected chi connectivity index (χ0v) is 10.0. The van der Waals surface area contributed by atoms with E-state index in [0.717, 1.165) is 13.0 Å². The minimum absolute atomic E-state index is 0.470. The predicted octanol–water partition coefficient (Wildman–Crippen LogP) is 2.17. The van der Waals surface area contributed by atoms with Gasteiger partial charge in [0.25, 0.3) is 0 Å². The molecular weight excluding hydrogens is 180 g/mol. The van der Waals surface area contributed by atoms with E-state index in [9.17, 15) is 0 Å². The van der Waals surface area contributed by atoms with Gasteiger partial charge in [0.15, 0.2) is 0 Å². The zero-order chi connectivity index (χ0) is 10.4. The Morgan fingerprint density at radius 2 is 1.92 bits per heavy atom. The number of nitrogens with zero attached hydrogens (tertiary/aromatic N) is 1. The standard InChI is InChI=1S/C10H22N2S/c1-5-6-12(8(2)3)9(4)7-10(11)13/h8-9H,5-7H2,1-4H3,(H2,11,13). The van der Waals surface area contributed by atoms with Gasteiger partial charge in [-0.25, -0.2) is 0 Å². The average molecular weight is 202 g/mol. The molecule has 0 aliphatic carbocycles. The second-order valence-corrected chi connectivity index (χ2v) is 4.38. The van der Waals surface area contributed by atoms with E-state index in [-0.39, 0.29) is 0 Å². The van der Waals surface area contributed by atoms with E-state index in [4.69, 9.17) is 18.0 Å². The van der Waals surface area contributed by atoms with Crippen molar-refractivity contribution in [3.63, 3.8) is 0 Å². The molecule has 0 aromatic carbocycles. The fourth-order valence-electron chi connectivity index (χ4n) is 1.65. The highest BCUT2D eigenvalue weighted by molar-refractivity contribution is 7.80. The van der Waals surface area contributed by atoms with E-state index in [1.54, 1.807) is 0 Å². The van der Waals surface area contributed by atoms with Crippen LogP contribution in [-0.4, -0.2) is 28.5 Å². The highest BCUT2D eigenvalue weighted by atomic mass is 32.1. The van der Waals surface area contributed by atoms with E-state index in [0.29, 0.717) is 17.1 Å². The Kier molecular flexibility index (Phi) is 6.25. The van der Waals surface area contributed by atoms with Gasteiger partial charge in [-0.1, -0.05) is 19.1 Å². The topological polar surface area (TPSA) is 29.3 Å². The minimum Gasteiger partial charge on any atom is -0.393 e. The Morgan fingerprint density at radius 3 is 2.23 bits per heavy atom. The van der Waals surface area contributed by atoms with Crippen molar-refractivity contribution in [1.82, 2.24) is 4.90 Å². The molecule has 2 nitrogen and oxygen atoms in total. The first-order valence-corrected chi connectivity index (χ1v) is 5.43. The van der Waals surface area contributed by atoms with Crippen LogP contribution in [0.15, 0.2) is 0 Å². The number of nitrogens with two attached hydrogens (primary N) is 1.